The third-order valence-corrected chi connectivity index (χ3v) is 7.15. The maximum Gasteiger partial charge on any atom is 0.251 e. The highest BCUT2D eigenvalue weighted by Crippen LogP contribution is 2.17. The van der Waals surface area contributed by atoms with Gasteiger partial charge in [-0.05, 0) is 24.1 Å². The van der Waals surface area contributed by atoms with Crippen molar-refractivity contribution in [2.24, 2.45) is 5.92 Å². The van der Waals surface area contributed by atoms with E-state index in [1.54, 1.807) is 33.0 Å². The molecule has 0 aliphatic heterocycles. The van der Waals surface area contributed by atoms with Crippen LogP contribution in [0.1, 0.15) is 38.1 Å². The Labute approximate surface area is 192 Å². The molecule has 1 aromatic carbocycles. The van der Waals surface area contributed by atoms with Crippen molar-refractivity contribution in [1.29, 1.82) is 0 Å². The second-order valence-electron chi connectivity index (χ2n) is 7.62. The van der Waals surface area contributed by atoms with Crippen LogP contribution >= 0.6 is 0 Å². The lowest BCUT2D eigenvalue weighted by molar-refractivity contribution is -0.135. The summed E-state index contributed by atoms with van der Waals surface area (Å²) in [5.74, 6) is -0.928. The van der Waals surface area contributed by atoms with E-state index in [0.29, 0.717) is 39.4 Å². The number of carbonyl (C=O) groups is 2. The Hall–Kier alpha value is -2.01. The molecule has 0 radical (unpaired) electrons. The molecule has 10 heteroatoms. The molecule has 0 saturated heterocycles. The Balaban J connectivity index is 3.12. The predicted molar refractivity (Wildman–Crippen MR) is 123 cm³/mol. The number of nitrogens with one attached hydrogen (secondary N) is 1. The molecule has 0 fully saturated rings. The van der Waals surface area contributed by atoms with E-state index < -0.39 is 22.0 Å². The predicted octanol–water partition coefficient (Wildman–Crippen LogP) is 1.59. The van der Waals surface area contributed by atoms with Crippen molar-refractivity contribution >= 4 is 21.8 Å². The molecule has 182 valence electrons. The van der Waals surface area contributed by atoms with Gasteiger partial charge in [0.15, 0.2) is 0 Å². The minimum absolute atomic E-state index is 0.0445. The van der Waals surface area contributed by atoms with Crippen LogP contribution in [-0.2, 0) is 24.3 Å². The fraction of sp³-hybridized carbons (Fsp3) is 0.636. The standard InChI is InChI=1S/C22H37N3O6S/c1-7-25(8-2)32(28,29)19-11-9-10-18(16-19)21(26)23-20(17(3)4)22(27)24(12-14-30-5)13-15-31-6/h9-11,16-17,20H,7-8,12-15H2,1-6H3,(H,23,26). The Bertz CT molecular complexity index is 832. The van der Waals surface area contributed by atoms with E-state index in [1.807, 2.05) is 13.8 Å². The van der Waals surface area contributed by atoms with Crippen molar-refractivity contribution in [3.05, 3.63) is 29.8 Å². The fourth-order valence-electron chi connectivity index (χ4n) is 3.18. The Kier molecular flexibility index (Phi) is 11.8. The molecular weight excluding hydrogens is 434 g/mol. The largest absolute Gasteiger partial charge is 0.383 e. The zero-order valence-corrected chi connectivity index (χ0v) is 20.8. The number of amides is 2. The van der Waals surface area contributed by atoms with Crippen LogP contribution < -0.4 is 5.32 Å². The van der Waals surface area contributed by atoms with Crippen LogP contribution in [0.2, 0.25) is 0 Å². The van der Waals surface area contributed by atoms with Crippen LogP contribution in [0.5, 0.6) is 0 Å². The van der Waals surface area contributed by atoms with Gasteiger partial charge in [-0.3, -0.25) is 9.59 Å². The van der Waals surface area contributed by atoms with E-state index in [2.05, 4.69) is 5.32 Å². The number of carbonyl (C=O) groups excluding carboxylic acids is 2. The summed E-state index contributed by atoms with van der Waals surface area (Å²) in [6.07, 6.45) is 0. The monoisotopic (exact) mass is 471 g/mol. The summed E-state index contributed by atoms with van der Waals surface area (Å²) in [5, 5.41) is 2.78. The summed E-state index contributed by atoms with van der Waals surface area (Å²) in [5.41, 5.74) is 0.178. The number of rotatable bonds is 14. The van der Waals surface area contributed by atoms with Crippen molar-refractivity contribution in [2.45, 2.75) is 38.6 Å². The molecular formula is C22H37N3O6S. The van der Waals surface area contributed by atoms with E-state index in [-0.39, 0.29) is 22.3 Å². The van der Waals surface area contributed by atoms with Crippen molar-refractivity contribution in [3.63, 3.8) is 0 Å². The summed E-state index contributed by atoms with van der Waals surface area (Å²) < 4.78 is 37.1. The van der Waals surface area contributed by atoms with Crippen LogP contribution in [0, 0.1) is 5.92 Å². The van der Waals surface area contributed by atoms with Gasteiger partial charge in [0.2, 0.25) is 15.9 Å². The van der Waals surface area contributed by atoms with Crippen LogP contribution in [0.4, 0.5) is 0 Å². The first-order valence-electron chi connectivity index (χ1n) is 10.8. The number of sulfonamides is 1. The van der Waals surface area contributed by atoms with E-state index in [4.69, 9.17) is 9.47 Å². The zero-order valence-electron chi connectivity index (χ0n) is 20.0. The minimum atomic E-state index is -3.70. The molecule has 0 spiro atoms. The van der Waals surface area contributed by atoms with Gasteiger partial charge in [0, 0.05) is 46.0 Å². The average molecular weight is 472 g/mol. The molecule has 0 saturated carbocycles. The van der Waals surface area contributed by atoms with Gasteiger partial charge in [-0.2, -0.15) is 4.31 Å². The normalized spacial score (nSPS) is 12.8. The Morgan fingerprint density at radius 1 is 1.03 bits per heavy atom. The summed E-state index contributed by atoms with van der Waals surface area (Å²) in [6, 6.07) is 5.09. The topological polar surface area (TPSA) is 105 Å². The van der Waals surface area contributed by atoms with E-state index in [0.717, 1.165) is 0 Å². The number of ether oxygens (including phenoxy) is 2. The van der Waals surface area contributed by atoms with Crippen molar-refractivity contribution < 1.29 is 27.5 Å². The second-order valence-corrected chi connectivity index (χ2v) is 9.56. The van der Waals surface area contributed by atoms with Crippen molar-refractivity contribution in [2.75, 3.05) is 53.6 Å². The first-order chi connectivity index (χ1) is 15.1. The molecule has 0 aliphatic rings. The third kappa shape index (κ3) is 7.54. The van der Waals surface area contributed by atoms with E-state index >= 15 is 0 Å². The molecule has 1 unspecified atom stereocenters. The molecule has 2 amide bonds. The second kappa shape index (κ2) is 13.5. The Morgan fingerprint density at radius 3 is 2.06 bits per heavy atom. The minimum Gasteiger partial charge on any atom is -0.383 e. The number of methoxy groups -OCH3 is 2. The SMILES string of the molecule is CCN(CC)S(=O)(=O)c1cccc(C(=O)NC(C(=O)N(CCOC)CCOC)C(C)C)c1. The molecule has 0 aromatic heterocycles. The van der Waals surface area contributed by atoms with Gasteiger partial charge in [-0.1, -0.05) is 33.8 Å². The Morgan fingerprint density at radius 2 is 1.59 bits per heavy atom. The van der Waals surface area contributed by atoms with Crippen molar-refractivity contribution in [3.8, 4) is 0 Å². The highest BCUT2D eigenvalue weighted by molar-refractivity contribution is 7.89. The molecule has 0 heterocycles. The third-order valence-electron chi connectivity index (χ3n) is 5.10. The van der Waals surface area contributed by atoms with Gasteiger partial charge in [0.1, 0.15) is 6.04 Å². The molecule has 1 rings (SSSR count). The van der Waals surface area contributed by atoms with Gasteiger partial charge in [-0.25, -0.2) is 8.42 Å². The molecule has 9 nitrogen and oxygen atoms in total. The van der Waals surface area contributed by atoms with Gasteiger partial charge in [0.25, 0.3) is 5.91 Å². The van der Waals surface area contributed by atoms with Crippen molar-refractivity contribution in [1.82, 2.24) is 14.5 Å². The molecule has 1 aromatic rings. The first-order valence-corrected chi connectivity index (χ1v) is 12.3. The van der Waals surface area contributed by atoms with E-state index in [1.165, 1.54) is 28.6 Å². The van der Waals surface area contributed by atoms with Crippen LogP contribution in [0.15, 0.2) is 29.2 Å². The zero-order chi connectivity index (χ0) is 24.3. The lowest BCUT2D eigenvalue weighted by Crippen LogP contribution is -2.52. The highest BCUT2D eigenvalue weighted by atomic mass is 32.2. The lowest BCUT2D eigenvalue weighted by atomic mass is 10.0. The quantitative estimate of drug-likeness (QED) is 0.442. The lowest BCUT2D eigenvalue weighted by Gasteiger charge is -2.29. The molecule has 32 heavy (non-hydrogen) atoms. The number of benzene rings is 1. The molecule has 1 N–H and O–H groups in total. The van der Waals surface area contributed by atoms with Gasteiger partial charge in [0.05, 0.1) is 18.1 Å². The van der Waals surface area contributed by atoms with Crippen LogP contribution in [0.25, 0.3) is 0 Å². The number of hydrogen-bond donors (Lipinski definition) is 1. The highest BCUT2D eigenvalue weighted by Gasteiger charge is 2.29. The average Bonchev–Trinajstić information content (AvgIpc) is 2.77. The summed E-state index contributed by atoms with van der Waals surface area (Å²) in [6.45, 7) is 9.33. The summed E-state index contributed by atoms with van der Waals surface area (Å²) >= 11 is 0. The fourth-order valence-corrected chi connectivity index (χ4v) is 4.68. The van der Waals surface area contributed by atoms with E-state index in [9.17, 15) is 18.0 Å². The molecule has 0 aliphatic carbocycles. The van der Waals surface area contributed by atoms with Gasteiger partial charge >= 0.3 is 0 Å². The summed E-state index contributed by atoms with van der Waals surface area (Å²) in [4.78, 5) is 27.8. The maximum atomic E-state index is 13.2. The summed E-state index contributed by atoms with van der Waals surface area (Å²) in [7, 11) is -0.591. The number of nitrogens with zero attached hydrogens (tertiary/aromatic N) is 2. The smallest absolute Gasteiger partial charge is 0.251 e. The number of hydrogen-bond acceptors (Lipinski definition) is 6. The van der Waals surface area contributed by atoms with Gasteiger partial charge < -0.3 is 19.7 Å². The molecule has 0 bridgehead atoms. The molecule has 1 atom stereocenters. The van der Waals surface area contributed by atoms with Crippen LogP contribution in [-0.4, -0.2) is 89.1 Å². The maximum absolute atomic E-state index is 13.2. The first kappa shape index (κ1) is 28.0. The van der Waals surface area contributed by atoms with Gasteiger partial charge in [-0.15, -0.1) is 0 Å². The van der Waals surface area contributed by atoms with Crippen LogP contribution in [0.3, 0.4) is 0 Å².